The monoisotopic (exact) mass is 544 g/mol. The Morgan fingerprint density at radius 3 is 2.68 bits per heavy atom. The number of carbonyl (C=O) groups excluding carboxylic acids is 1. The lowest BCUT2D eigenvalue weighted by atomic mass is 10.1. The van der Waals surface area contributed by atoms with Gasteiger partial charge in [0.05, 0.1) is 28.1 Å². The van der Waals surface area contributed by atoms with E-state index in [4.69, 9.17) is 0 Å². The predicted octanol–water partition coefficient (Wildman–Crippen LogP) is 3.59. The quantitative estimate of drug-likeness (QED) is 0.393. The van der Waals surface area contributed by atoms with Crippen LogP contribution in [0.2, 0.25) is 0 Å². The zero-order valence-corrected chi connectivity index (χ0v) is 21.7. The summed E-state index contributed by atoms with van der Waals surface area (Å²) in [6.07, 6.45) is 5.75. The molecule has 4 rings (SSSR count). The average molecular weight is 545 g/mol. The third-order valence-electron chi connectivity index (χ3n) is 5.72. The number of sulfonamides is 1. The number of anilines is 1. The Morgan fingerprint density at radius 2 is 1.95 bits per heavy atom. The number of nitrogens with zero attached hydrogens (tertiary/aromatic N) is 5. The fourth-order valence-corrected chi connectivity index (χ4v) is 4.80. The largest absolute Gasteiger partial charge is 0.375 e. The molecule has 2 heterocycles. The molecule has 0 unspecified atom stereocenters. The van der Waals surface area contributed by atoms with Crippen LogP contribution in [0.25, 0.3) is 0 Å². The number of azo groups is 1. The van der Waals surface area contributed by atoms with E-state index in [0.717, 1.165) is 12.5 Å². The second-order valence-corrected chi connectivity index (χ2v) is 10.1. The van der Waals surface area contributed by atoms with Crippen LogP contribution in [0.15, 0.2) is 79.1 Å². The third-order valence-corrected chi connectivity index (χ3v) is 7.22. The van der Waals surface area contributed by atoms with Crippen LogP contribution in [-0.4, -0.2) is 57.4 Å². The summed E-state index contributed by atoms with van der Waals surface area (Å²) >= 11 is 0. The molecule has 1 amide bonds. The maximum atomic E-state index is 14.4. The van der Waals surface area contributed by atoms with Gasteiger partial charge in [0.25, 0.3) is 5.91 Å². The molecule has 3 N–H and O–H groups in total. The fraction of sp³-hybridized carbons (Fsp3) is 0.240. The highest BCUT2D eigenvalue weighted by molar-refractivity contribution is 7.89. The van der Waals surface area contributed by atoms with Gasteiger partial charge >= 0.3 is 11.7 Å². The van der Waals surface area contributed by atoms with Crippen LogP contribution in [0, 0.1) is 12.2 Å². The van der Waals surface area contributed by atoms with Gasteiger partial charge in [-0.1, -0.05) is 19.1 Å². The number of hydrogen-bond acceptors (Lipinski definition) is 8. The number of nitrogens with one attached hydrogen (secondary N) is 3. The van der Waals surface area contributed by atoms with Gasteiger partial charge in [0, 0.05) is 33.9 Å². The normalized spacial score (nSPS) is 16.8. The first-order valence-corrected chi connectivity index (χ1v) is 13.3. The number of rotatable bonds is 10. The lowest BCUT2D eigenvalue weighted by Crippen LogP contribution is -2.27. The van der Waals surface area contributed by atoms with E-state index in [1.54, 1.807) is 36.9 Å². The molecule has 0 saturated heterocycles. The highest BCUT2D eigenvalue weighted by Gasteiger charge is 2.29. The van der Waals surface area contributed by atoms with Gasteiger partial charge in [0.2, 0.25) is 10.0 Å². The lowest BCUT2D eigenvalue weighted by molar-refractivity contribution is -0.475. The summed E-state index contributed by atoms with van der Waals surface area (Å²) in [5, 5.41) is 14.5. The summed E-state index contributed by atoms with van der Waals surface area (Å²) in [4.78, 5) is 20.8. The number of allylic oxidation sites excluding steroid dienone is 1. The molecule has 0 fully saturated rings. The molecule has 0 aliphatic carbocycles. The second kappa shape index (κ2) is 12.0. The number of hydrogen-bond donors (Lipinski definition) is 3. The Kier molecular flexibility index (Phi) is 8.48. The van der Waals surface area contributed by atoms with Gasteiger partial charge in [-0.15, -0.1) is 0 Å². The number of carbonyl (C=O) groups is 1. The second-order valence-electron chi connectivity index (χ2n) is 8.23. The van der Waals surface area contributed by atoms with Crippen LogP contribution in [0.5, 0.6) is 0 Å². The topological polar surface area (TPSA) is 140 Å². The molecule has 2 aromatic carbocycles. The minimum Gasteiger partial charge on any atom is -0.375 e. The van der Waals surface area contributed by atoms with Crippen LogP contribution in [-0.2, 0) is 16.6 Å². The van der Waals surface area contributed by atoms with E-state index in [0.29, 0.717) is 41.7 Å². The number of halogens is 1. The first-order chi connectivity index (χ1) is 18.3. The molecule has 0 atom stereocenters. The summed E-state index contributed by atoms with van der Waals surface area (Å²) < 4.78 is 43.1. The number of amides is 1. The summed E-state index contributed by atoms with van der Waals surface area (Å²) in [7, 11) is -2.66. The van der Waals surface area contributed by atoms with Gasteiger partial charge in [-0.05, 0) is 43.8 Å². The molecule has 11 nitrogen and oxygen atoms in total. The van der Waals surface area contributed by atoms with E-state index >= 15 is 0 Å². The van der Waals surface area contributed by atoms with Gasteiger partial charge < -0.3 is 10.6 Å². The molecule has 0 aromatic heterocycles. The van der Waals surface area contributed by atoms with Crippen molar-refractivity contribution in [2.45, 2.75) is 24.8 Å². The number of benzene rings is 2. The van der Waals surface area contributed by atoms with Crippen molar-refractivity contribution in [1.29, 1.82) is 0 Å². The van der Waals surface area contributed by atoms with Crippen LogP contribution in [0.3, 0.4) is 0 Å². The molecule has 2 aliphatic heterocycles. The summed E-state index contributed by atoms with van der Waals surface area (Å²) in [6.45, 7) is 2.81. The molecular weight excluding hydrogens is 511 g/mol. The molecule has 38 heavy (non-hydrogen) atoms. The van der Waals surface area contributed by atoms with E-state index in [9.17, 15) is 17.6 Å². The Hall–Kier alpha value is -4.10. The molecule has 2 aromatic rings. The van der Waals surface area contributed by atoms with Crippen molar-refractivity contribution in [2.24, 2.45) is 20.2 Å². The maximum absolute atomic E-state index is 14.4. The van der Waals surface area contributed by atoms with E-state index in [1.165, 1.54) is 25.5 Å². The molecule has 203 valence electrons. The van der Waals surface area contributed by atoms with Crippen LogP contribution in [0.1, 0.15) is 33.5 Å². The summed E-state index contributed by atoms with van der Waals surface area (Å²) in [5.74, 6) is 0.139. The molecule has 0 saturated carbocycles. The maximum Gasteiger partial charge on any atom is 0.328 e. The van der Waals surface area contributed by atoms with Gasteiger partial charge in [0.1, 0.15) is 24.4 Å². The Bertz CT molecular complexity index is 1510. The van der Waals surface area contributed by atoms with Gasteiger partial charge in [0.15, 0.2) is 0 Å². The molecule has 0 bridgehead atoms. The highest BCUT2D eigenvalue weighted by Crippen LogP contribution is 2.21. The number of amidine groups is 1. The molecule has 0 spiro atoms. The first kappa shape index (κ1) is 26.9. The Balaban J connectivity index is 0.00000280. The van der Waals surface area contributed by atoms with E-state index < -0.39 is 21.7 Å². The van der Waals surface area contributed by atoms with E-state index in [2.05, 4.69) is 42.5 Å². The average Bonchev–Trinajstić information content (AvgIpc) is 3.34. The van der Waals surface area contributed by atoms with Gasteiger partial charge in [-0.3, -0.25) is 4.79 Å². The number of aliphatic imine (C=N–C) groups is 2. The zero-order chi connectivity index (χ0) is 27.1. The minimum atomic E-state index is -3.90. The van der Waals surface area contributed by atoms with Crippen molar-refractivity contribution in [3.05, 3.63) is 77.3 Å². The first-order valence-electron chi connectivity index (χ1n) is 11.9. The Morgan fingerprint density at radius 1 is 1.13 bits per heavy atom. The fourth-order valence-electron chi connectivity index (χ4n) is 3.83. The zero-order valence-electron chi connectivity index (χ0n) is 20.8. The molecule has 2 aliphatic rings. The minimum absolute atomic E-state index is 0. The smallest absolute Gasteiger partial charge is 0.328 e. The summed E-state index contributed by atoms with van der Waals surface area (Å²) in [6, 6.07) is 10.5. The lowest BCUT2D eigenvalue weighted by Gasteiger charge is -2.12. The van der Waals surface area contributed by atoms with Crippen LogP contribution in [0.4, 0.5) is 10.1 Å². The van der Waals surface area contributed by atoms with E-state index in [-0.39, 0.29) is 21.3 Å². The SMILES string of the molecule is CCC[N+]1=C(CNc2cccc(C(=O)NCc3c(F)cccc3S(=O)(=O)NC)c2)N=N/C1=C1/[CH]C=NC=N1.[HH].[HH].[HH]. The van der Waals surface area contributed by atoms with Crippen molar-refractivity contribution >= 4 is 40.0 Å². The highest BCUT2D eigenvalue weighted by atomic mass is 32.2. The Labute approximate surface area is 224 Å². The van der Waals surface area contributed by atoms with Crippen molar-refractivity contribution in [1.82, 2.24) is 10.0 Å². The van der Waals surface area contributed by atoms with Crippen LogP contribution >= 0.6 is 0 Å². The molecule has 1 radical (unpaired) electrons. The third kappa shape index (κ3) is 6.06. The van der Waals surface area contributed by atoms with Crippen molar-refractivity contribution < 1.29 is 26.5 Å². The molecular formula is C25H33FN8O3S+. The van der Waals surface area contributed by atoms with Gasteiger partial charge in [-0.2, -0.15) is 0 Å². The van der Waals surface area contributed by atoms with E-state index in [1.807, 2.05) is 4.58 Å². The standard InChI is InChI=1S/C25H26FN8O3S.3H2/c1-3-12-34-23(32-33-24(34)21-10-11-28-16-31-21)15-29-18-7-4-6-17(13-18)25(35)30-14-19-20(26)8-5-9-22(19)38(36,37)27-2;;;/h4-11,13,16,27,29H,3,12,14-15H2,1-2H3;3*1H/p+1. The molecule has 13 heteroatoms. The van der Waals surface area contributed by atoms with Crippen molar-refractivity contribution in [2.75, 3.05) is 25.5 Å². The van der Waals surface area contributed by atoms with Gasteiger partial charge in [-0.25, -0.2) is 32.1 Å². The van der Waals surface area contributed by atoms with Crippen LogP contribution < -0.4 is 15.4 Å². The van der Waals surface area contributed by atoms with Crippen molar-refractivity contribution in [3.8, 4) is 0 Å². The van der Waals surface area contributed by atoms with Crippen molar-refractivity contribution in [3.63, 3.8) is 0 Å². The predicted molar refractivity (Wildman–Crippen MR) is 149 cm³/mol. The summed E-state index contributed by atoms with van der Waals surface area (Å²) in [5.41, 5.74) is 1.53.